The SMILES string of the molecule is CC[C@H]1O[C@@H](n2cc(Br)c(Nc3c(O)cccc3OCCNC(=O)OCc3ccccc3)nc2=O)CC1OC(C)=O. The second-order valence-corrected chi connectivity index (χ2v) is 10.0. The third-order valence-electron chi connectivity index (χ3n) is 6.21. The fourth-order valence-electron chi connectivity index (χ4n) is 4.28. The van der Waals surface area contributed by atoms with Crippen LogP contribution in [0, 0.1) is 0 Å². The summed E-state index contributed by atoms with van der Waals surface area (Å²) in [7, 11) is 0. The van der Waals surface area contributed by atoms with Crippen LogP contribution in [-0.2, 0) is 25.6 Å². The number of rotatable bonds is 11. The van der Waals surface area contributed by atoms with Crippen LogP contribution in [0.2, 0.25) is 0 Å². The van der Waals surface area contributed by atoms with Crippen LogP contribution in [0.15, 0.2) is 64.0 Å². The number of nitrogens with zero attached hydrogens (tertiary/aromatic N) is 2. The van der Waals surface area contributed by atoms with E-state index < -0.39 is 30.1 Å². The van der Waals surface area contributed by atoms with E-state index >= 15 is 0 Å². The van der Waals surface area contributed by atoms with Gasteiger partial charge in [-0.3, -0.25) is 9.36 Å². The molecule has 13 heteroatoms. The molecule has 218 valence electrons. The number of phenolic OH excluding ortho intramolecular Hbond substituents is 1. The lowest BCUT2D eigenvalue weighted by Crippen LogP contribution is -2.28. The number of benzene rings is 2. The lowest BCUT2D eigenvalue weighted by molar-refractivity contribution is -0.149. The molecule has 0 radical (unpaired) electrons. The number of carbonyl (C=O) groups is 2. The average molecular weight is 631 g/mol. The number of amides is 1. The van der Waals surface area contributed by atoms with E-state index in [-0.39, 0.29) is 48.9 Å². The summed E-state index contributed by atoms with van der Waals surface area (Å²) in [6.45, 7) is 3.62. The number of carbonyl (C=O) groups excluding carboxylic acids is 2. The Labute approximate surface area is 244 Å². The molecule has 1 aliphatic heterocycles. The number of alkyl carbamates (subject to hydrolysis) is 1. The Bertz CT molecular complexity index is 1420. The summed E-state index contributed by atoms with van der Waals surface area (Å²) in [5.41, 5.74) is 0.451. The molecule has 1 aromatic heterocycles. The van der Waals surface area contributed by atoms with Gasteiger partial charge in [0.1, 0.15) is 42.7 Å². The van der Waals surface area contributed by atoms with Crippen LogP contribution in [0.1, 0.15) is 38.5 Å². The quantitative estimate of drug-likeness (QED) is 0.158. The van der Waals surface area contributed by atoms with Gasteiger partial charge in [0, 0.05) is 19.5 Å². The molecule has 0 spiro atoms. The molecule has 3 aromatic rings. The number of nitrogens with one attached hydrogen (secondary N) is 2. The molecular formula is C28H31BrN4O8. The molecule has 41 heavy (non-hydrogen) atoms. The third kappa shape index (κ3) is 7.98. The van der Waals surface area contributed by atoms with Gasteiger partial charge >= 0.3 is 17.8 Å². The second-order valence-electron chi connectivity index (χ2n) is 9.16. The van der Waals surface area contributed by atoms with Gasteiger partial charge in [-0.2, -0.15) is 4.98 Å². The number of hydrogen-bond donors (Lipinski definition) is 3. The first-order valence-electron chi connectivity index (χ1n) is 13.0. The van der Waals surface area contributed by atoms with Crippen molar-refractivity contribution in [3.05, 3.63) is 75.2 Å². The minimum absolute atomic E-state index is 0.0792. The largest absolute Gasteiger partial charge is 0.506 e. The van der Waals surface area contributed by atoms with Gasteiger partial charge in [-0.25, -0.2) is 9.59 Å². The molecule has 2 heterocycles. The first kappa shape index (κ1) is 29.9. The summed E-state index contributed by atoms with van der Waals surface area (Å²) in [6, 6.07) is 14.0. The summed E-state index contributed by atoms with van der Waals surface area (Å²) < 4.78 is 24.0. The van der Waals surface area contributed by atoms with Gasteiger partial charge < -0.3 is 34.7 Å². The van der Waals surface area contributed by atoms with Crippen molar-refractivity contribution in [1.29, 1.82) is 0 Å². The molecule has 1 fully saturated rings. The van der Waals surface area contributed by atoms with Crippen LogP contribution in [0.25, 0.3) is 0 Å². The molecule has 1 saturated heterocycles. The van der Waals surface area contributed by atoms with E-state index in [0.717, 1.165) is 5.56 Å². The normalized spacial score (nSPS) is 18.0. The van der Waals surface area contributed by atoms with E-state index in [1.54, 1.807) is 12.1 Å². The fourth-order valence-corrected chi connectivity index (χ4v) is 4.69. The van der Waals surface area contributed by atoms with Gasteiger partial charge in [0.15, 0.2) is 5.82 Å². The predicted molar refractivity (Wildman–Crippen MR) is 152 cm³/mol. The van der Waals surface area contributed by atoms with E-state index in [1.807, 2.05) is 37.3 Å². The number of phenols is 1. The number of hydrogen-bond acceptors (Lipinski definition) is 10. The highest BCUT2D eigenvalue weighted by atomic mass is 79.9. The molecule has 0 saturated carbocycles. The van der Waals surface area contributed by atoms with Gasteiger partial charge in [0.2, 0.25) is 0 Å². The zero-order valence-corrected chi connectivity index (χ0v) is 24.1. The standard InChI is InChI=1S/C28H31BrN4O8/c1-3-21-23(40-17(2)34)14-24(41-21)33-15-19(29)26(32-27(33)36)31-25-20(35)10-7-11-22(25)38-13-12-30-28(37)39-16-18-8-5-4-6-9-18/h4-11,15,21,23-24,35H,3,12-14,16H2,1-2H3,(H,30,37)(H,31,32,36)/t21-,23?,24-/m1/s1. The summed E-state index contributed by atoms with van der Waals surface area (Å²) in [6.07, 6.45) is 0.390. The van der Waals surface area contributed by atoms with Crippen molar-refractivity contribution in [3.8, 4) is 11.5 Å². The van der Waals surface area contributed by atoms with Gasteiger partial charge in [-0.1, -0.05) is 43.3 Å². The van der Waals surface area contributed by atoms with Crippen molar-refractivity contribution in [1.82, 2.24) is 14.9 Å². The minimum atomic E-state index is -0.662. The van der Waals surface area contributed by atoms with Crippen LogP contribution in [0.5, 0.6) is 11.5 Å². The summed E-state index contributed by atoms with van der Waals surface area (Å²) in [5, 5.41) is 16.0. The lowest BCUT2D eigenvalue weighted by Gasteiger charge is -2.18. The van der Waals surface area contributed by atoms with E-state index in [1.165, 1.54) is 23.8 Å². The Balaban J connectivity index is 1.37. The Hall–Kier alpha value is -4.10. The molecule has 1 amide bonds. The Morgan fingerprint density at radius 3 is 2.71 bits per heavy atom. The molecular weight excluding hydrogens is 600 g/mol. The zero-order chi connectivity index (χ0) is 29.4. The highest BCUT2D eigenvalue weighted by Crippen LogP contribution is 2.37. The molecule has 0 bridgehead atoms. The Kier molecular flexibility index (Phi) is 10.2. The smallest absolute Gasteiger partial charge is 0.407 e. The van der Waals surface area contributed by atoms with Crippen molar-refractivity contribution in [2.75, 3.05) is 18.5 Å². The van der Waals surface area contributed by atoms with E-state index in [9.17, 15) is 19.5 Å². The summed E-state index contributed by atoms with van der Waals surface area (Å²) in [4.78, 5) is 40.5. The van der Waals surface area contributed by atoms with Crippen LogP contribution in [0.3, 0.4) is 0 Å². The van der Waals surface area contributed by atoms with Crippen LogP contribution in [0.4, 0.5) is 16.3 Å². The molecule has 3 atom stereocenters. The van der Waals surface area contributed by atoms with Crippen molar-refractivity contribution >= 4 is 39.5 Å². The molecule has 1 aliphatic rings. The highest BCUT2D eigenvalue weighted by molar-refractivity contribution is 9.10. The lowest BCUT2D eigenvalue weighted by atomic mass is 10.1. The summed E-state index contributed by atoms with van der Waals surface area (Å²) >= 11 is 3.42. The maximum Gasteiger partial charge on any atom is 0.407 e. The van der Waals surface area contributed by atoms with E-state index in [0.29, 0.717) is 17.3 Å². The number of anilines is 2. The number of ether oxygens (including phenoxy) is 4. The zero-order valence-electron chi connectivity index (χ0n) is 22.5. The molecule has 1 unspecified atom stereocenters. The fraction of sp³-hybridized carbons (Fsp3) is 0.357. The Morgan fingerprint density at radius 2 is 1.98 bits per heavy atom. The molecule has 3 N–H and O–H groups in total. The highest BCUT2D eigenvalue weighted by Gasteiger charge is 2.38. The maximum atomic E-state index is 12.9. The van der Waals surface area contributed by atoms with Gasteiger partial charge in [-0.05, 0) is 40.0 Å². The van der Waals surface area contributed by atoms with Crippen LogP contribution < -0.4 is 21.1 Å². The van der Waals surface area contributed by atoms with E-state index in [4.69, 9.17) is 18.9 Å². The van der Waals surface area contributed by atoms with Crippen LogP contribution >= 0.6 is 15.9 Å². The first-order chi connectivity index (χ1) is 19.7. The maximum absolute atomic E-state index is 12.9. The summed E-state index contributed by atoms with van der Waals surface area (Å²) in [5.74, 6) is -0.133. The topological polar surface area (TPSA) is 150 Å². The second kappa shape index (κ2) is 14.0. The molecule has 4 rings (SSSR count). The van der Waals surface area contributed by atoms with E-state index in [2.05, 4.69) is 31.5 Å². The Morgan fingerprint density at radius 1 is 1.20 bits per heavy atom. The first-order valence-corrected chi connectivity index (χ1v) is 13.8. The minimum Gasteiger partial charge on any atom is -0.506 e. The number of halogens is 1. The number of para-hydroxylation sites is 1. The van der Waals surface area contributed by atoms with Gasteiger partial charge in [-0.15, -0.1) is 0 Å². The monoisotopic (exact) mass is 630 g/mol. The van der Waals surface area contributed by atoms with Crippen molar-refractivity contribution in [3.63, 3.8) is 0 Å². The van der Waals surface area contributed by atoms with Crippen LogP contribution in [-0.4, -0.2) is 52.1 Å². The molecule has 0 aliphatic carbocycles. The van der Waals surface area contributed by atoms with Crippen molar-refractivity contribution in [2.45, 2.75) is 51.7 Å². The number of aromatic nitrogens is 2. The number of aromatic hydroxyl groups is 1. The number of esters is 1. The van der Waals surface area contributed by atoms with Gasteiger partial charge in [0.05, 0.1) is 17.1 Å². The predicted octanol–water partition coefficient (Wildman–Crippen LogP) is 4.39. The average Bonchev–Trinajstić information content (AvgIpc) is 3.35. The molecule has 2 aromatic carbocycles. The molecule has 12 nitrogen and oxygen atoms in total. The van der Waals surface area contributed by atoms with Gasteiger partial charge in [0.25, 0.3) is 0 Å². The van der Waals surface area contributed by atoms with Crippen molar-refractivity contribution < 1.29 is 33.6 Å². The van der Waals surface area contributed by atoms with Crippen molar-refractivity contribution in [2.24, 2.45) is 0 Å². The third-order valence-corrected chi connectivity index (χ3v) is 6.79.